The van der Waals surface area contributed by atoms with E-state index < -0.39 is 0 Å². The zero-order chi connectivity index (χ0) is 13.7. The van der Waals surface area contributed by atoms with Crippen molar-refractivity contribution in [2.24, 2.45) is 5.92 Å². The van der Waals surface area contributed by atoms with Gasteiger partial charge in [0, 0.05) is 11.6 Å². The average Bonchev–Trinajstić information content (AvgIpc) is 2.36. The van der Waals surface area contributed by atoms with Crippen LogP contribution < -0.4 is 10.1 Å². The Bertz CT molecular complexity index is 392. The fourth-order valence-electron chi connectivity index (χ4n) is 2.51. The topological polar surface area (TPSA) is 34.1 Å². The highest BCUT2D eigenvalue weighted by Gasteiger charge is 2.15. The summed E-state index contributed by atoms with van der Waals surface area (Å²) in [4.78, 5) is 4.51. The number of anilines is 1. The molecule has 0 atom stereocenters. The summed E-state index contributed by atoms with van der Waals surface area (Å²) in [7, 11) is 0. The van der Waals surface area contributed by atoms with E-state index in [0.29, 0.717) is 0 Å². The van der Waals surface area contributed by atoms with Crippen LogP contribution in [0.15, 0.2) is 18.2 Å². The van der Waals surface area contributed by atoms with Crippen LogP contribution in [0.2, 0.25) is 0 Å². The molecule has 1 saturated carbocycles. The molecule has 2 rings (SSSR count). The molecule has 0 unspecified atom stereocenters. The molecule has 1 heterocycles. The molecule has 0 amide bonds. The van der Waals surface area contributed by atoms with Crippen LogP contribution in [0.25, 0.3) is 0 Å². The number of rotatable bonds is 4. The lowest BCUT2D eigenvalue weighted by Gasteiger charge is -2.23. The predicted octanol–water partition coefficient (Wildman–Crippen LogP) is 4.25. The maximum Gasteiger partial charge on any atom is 0.215 e. The maximum absolute atomic E-state index is 5.85. The van der Waals surface area contributed by atoms with Gasteiger partial charge in [-0.25, -0.2) is 0 Å². The Labute approximate surface area is 116 Å². The highest BCUT2D eigenvalue weighted by Crippen LogP contribution is 2.24. The zero-order valence-corrected chi connectivity index (χ0v) is 12.4. The first kappa shape index (κ1) is 14.2. The third-order valence-electron chi connectivity index (χ3n) is 3.42. The first-order chi connectivity index (χ1) is 9.03. The summed E-state index contributed by atoms with van der Waals surface area (Å²) in [5.41, 5.74) is 0.0228. The number of ether oxygens (including phenoxy) is 1. The van der Waals surface area contributed by atoms with Crippen LogP contribution in [0, 0.1) is 5.92 Å². The van der Waals surface area contributed by atoms with Crippen LogP contribution in [0.5, 0.6) is 5.88 Å². The molecule has 1 aliphatic carbocycles. The van der Waals surface area contributed by atoms with Gasteiger partial charge in [-0.3, -0.25) is 0 Å². The third kappa shape index (κ3) is 5.09. The summed E-state index contributed by atoms with van der Waals surface area (Å²) >= 11 is 0. The Morgan fingerprint density at radius 2 is 1.95 bits per heavy atom. The van der Waals surface area contributed by atoms with Gasteiger partial charge in [0.25, 0.3) is 0 Å². The second-order valence-electron chi connectivity index (χ2n) is 6.55. The quantitative estimate of drug-likeness (QED) is 0.880. The van der Waals surface area contributed by atoms with E-state index in [9.17, 15) is 0 Å². The summed E-state index contributed by atoms with van der Waals surface area (Å²) in [6, 6.07) is 5.92. The molecule has 0 bridgehead atoms. The second kappa shape index (κ2) is 6.27. The van der Waals surface area contributed by atoms with Gasteiger partial charge in [-0.1, -0.05) is 25.3 Å². The van der Waals surface area contributed by atoms with Crippen molar-refractivity contribution in [2.45, 2.75) is 58.4 Å². The standard InChI is InChI=1S/C16H26N2O/c1-16(2,3)18-14-10-7-11-15(17-14)19-12-13-8-5-4-6-9-13/h7,10-11,13H,4-6,8-9,12H2,1-3H3,(H,17,18). The lowest BCUT2D eigenvalue weighted by Crippen LogP contribution is -2.26. The SMILES string of the molecule is CC(C)(C)Nc1cccc(OCC2CCCCC2)n1. The van der Waals surface area contributed by atoms with Gasteiger partial charge in [0.05, 0.1) is 6.61 Å². The van der Waals surface area contributed by atoms with Crippen molar-refractivity contribution >= 4 is 5.82 Å². The average molecular weight is 262 g/mol. The van der Waals surface area contributed by atoms with Crippen LogP contribution in [0.3, 0.4) is 0 Å². The predicted molar refractivity (Wildman–Crippen MR) is 79.7 cm³/mol. The van der Waals surface area contributed by atoms with E-state index in [1.54, 1.807) is 0 Å². The molecule has 19 heavy (non-hydrogen) atoms. The van der Waals surface area contributed by atoms with Crippen molar-refractivity contribution in [1.82, 2.24) is 4.98 Å². The highest BCUT2D eigenvalue weighted by molar-refractivity contribution is 5.39. The minimum absolute atomic E-state index is 0.0228. The van der Waals surface area contributed by atoms with Gasteiger partial charge in [-0.05, 0) is 45.6 Å². The molecule has 1 aliphatic rings. The Morgan fingerprint density at radius 1 is 1.21 bits per heavy atom. The van der Waals surface area contributed by atoms with Crippen molar-refractivity contribution in [2.75, 3.05) is 11.9 Å². The Balaban J connectivity index is 1.87. The van der Waals surface area contributed by atoms with Crippen molar-refractivity contribution in [3.8, 4) is 5.88 Å². The molecule has 0 aliphatic heterocycles. The molecule has 1 fully saturated rings. The zero-order valence-electron chi connectivity index (χ0n) is 12.4. The van der Waals surface area contributed by atoms with Gasteiger partial charge < -0.3 is 10.1 Å². The van der Waals surface area contributed by atoms with E-state index in [4.69, 9.17) is 4.74 Å². The normalized spacial score (nSPS) is 17.2. The third-order valence-corrected chi connectivity index (χ3v) is 3.42. The molecule has 1 aromatic heterocycles. The largest absolute Gasteiger partial charge is 0.477 e. The molecular formula is C16H26N2O. The fraction of sp³-hybridized carbons (Fsp3) is 0.688. The number of aromatic nitrogens is 1. The lowest BCUT2D eigenvalue weighted by molar-refractivity contribution is 0.203. The highest BCUT2D eigenvalue weighted by atomic mass is 16.5. The first-order valence-corrected chi connectivity index (χ1v) is 7.41. The van der Waals surface area contributed by atoms with Gasteiger partial charge in [0.15, 0.2) is 0 Å². The monoisotopic (exact) mass is 262 g/mol. The van der Waals surface area contributed by atoms with E-state index in [-0.39, 0.29) is 5.54 Å². The van der Waals surface area contributed by atoms with E-state index in [0.717, 1.165) is 24.2 Å². The van der Waals surface area contributed by atoms with Crippen molar-refractivity contribution in [1.29, 1.82) is 0 Å². The van der Waals surface area contributed by atoms with E-state index in [2.05, 4.69) is 31.1 Å². The minimum atomic E-state index is 0.0228. The maximum atomic E-state index is 5.85. The summed E-state index contributed by atoms with van der Waals surface area (Å²) in [5, 5.41) is 3.37. The van der Waals surface area contributed by atoms with Gasteiger partial charge in [-0.2, -0.15) is 4.98 Å². The van der Waals surface area contributed by atoms with E-state index >= 15 is 0 Å². The molecule has 0 spiro atoms. The lowest BCUT2D eigenvalue weighted by atomic mass is 9.90. The number of hydrogen-bond donors (Lipinski definition) is 1. The summed E-state index contributed by atoms with van der Waals surface area (Å²) in [6.07, 6.45) is 6.71. The Hall–Kier alpha value is -1.25. The number of nitrogens with zero attached hydrogens (tertiary/aromatic N) is 1. The van der Waals surface area contributed by atoms with Gasteiger partial charge in [-0.15, -0.1) is 0 Å². The fourth-order valence-corrected chi connectivity index (χ4v) is 2.51. The van der Waals surface area contributed by atoms with Gasteiger partial charge in [0.1, 0.15) is 5.82 Å². The first-order valence-electron chi connectivity index (χ1n) is 7.41. The number of hydrogen-bond acceptors (Lipinski definition) is 3. The minimum Gasteiger partial charge on any atom is -0.477 e. The van der Waals surface area contributed by atoms with Crippen LogP contribution in [0.1, 0.15) is 52.9 Å². The van der Waals surface area contributed by atoms with Gasteiger partial charge >= 0.3 is 0 Å². The molecule has 106 valence electrons. The van der Waals surface area contributed by atoms with Gasteiger partial charge in [0.2, 0.25) is 5.88 Å². The van der Waals surface area contributed by atoms with Crippen LogP contribution in [-0.2, 0) is 0 Å². The number of nitrogens with one attached hydrogen (secondary N) is 1. The Morgan fingerprint density at radius 3 is 2.63 bits per heavy atom. The smallest absolute Gasteiger partial charge is 0.215 e. The second-order valence-corrected chi connectivity index (χ2v) is 6.55. The van der Waals surface area contributed by atoms with Crippen molar-refractivity contribution in [3.05, 3.63) is 18.2 Å². The molecule has 0 saturated heterocycles. The molecule has 1 N–H and O–H groups in total. The molecule has 3 nitrogen and oxygen atoms in total. The molecule has 0 radical (unpaired) electrons. The molecular weight excluding hydrogens is 236 g/mol. The van der Waals surface area contributed by atoms with Crippen LogP contribution in [-0.4, -0.2) is 17.1 Å². The van der Waals surface area contributed by atoms with Crippen molar-refractivity contribution < 1.29 is 4.74 Å². The van der Waals surface area contributed by atoms with Crippen LogP contribution >= 0.6 is 0 Å². The Kier molecular flexibility index (Phi) is 4.67. The summed E-state index contributed by atoms with van der Waals surface area (Å²) < 4.78 is 5.85. The van der Waals surface area contributed by atoms with Crippen molar-refractivity contribution in [3.63, 3.8) is 0 Å². The molecule has 3 heteroatoms. The summed E-state index contributed by atoms with van der Waals surface area (Å²) in [6.45, 7) is 7.20. The van der Waals surface area contributed by atoms with E-state index in [1.807, 2.05) is 18.2 Å². The van der Waals surface area contributed by atoms with E-state index in [1.165, 1.54) is 32.1 Å². The van der Waals surface area contributed by atoms with Crippen LogP contribution in [0.4, 0.5) is 5.82 Å². The summed E-state index contributed by atoms with van der Waals surface area (Å²) in [5.74, 6) is 2.34. The molecule has 0 aromatic carbocycles. The molecule has 1 aromatic rings. The number of pyridine rings is 1.